The number of nitrogens with zero attached hydrogens (tertiary/aromatic N) is 2. The molecule has 0 aromatic heterocycles. The normalized spacial score (nSPS) is 12.7. The maximum atomic E-state index is 14.1. The first-order valence-electron chi connectivity index (χ1n) is 13.9. The van der Waals surface area contributed by atoms with Crippen molar-refractivity contribution in [2.75, 3.05) is 17.5 Å². The number of carbonyl (C=O) groups excluding carboxylic acids is 2. The minimum atomic E-state index is -4.18. The fourth-order valence-corrected chi connectivity index (χ4v) is 5.77. The topological polar surface area (TPSA) is 96.0 Å². The molecule has 3 aromatic carbocycles. The van der Waals surface area contributed by atoms with Gasteiger partial charge < -0.3 is 15.0 Å². The van der Waals surface area contributed by atoms with E-state index in [2.05, 4.69) is 5.32 Å². The molecule has 0 heterocycles. The average Bonchev–Trinajstić information content (AvgIpc) is 2.95. The number of anilines is 1. The fourth-order valence-electron chi connectivity index (χ4n) is 4.35. The largest absolute Gasteiger partial charge is 0.492 e. The van der Waals surface area contributed by atoms with Gasteiger partial charge in [-0.25, -0.2) is 8.42 Å². The number of sulfonamides is 1. The maximum absolute atomic E-state index is 14.1. The van der Waals surface area contributed by atoms with E-state index in [1.54, 1.807) is 43.3 Å². The molecule has 0 aliphatic heterocycles. The van der Waals surface area contributed by atoms with Crippen LogP contribution in [-0.4, -0.2) is 50.4 Å². The Morgan fingerprint density at radius 2 is 1.59 bits per heavy atom. The summed E-state index contributed by atoms with van der Waals surface area (Å²) in [6, 6.07) is 20.0. The minimum Gasteiger partial charge on any atom is -0.492 e. The summed E-state index contributed by atoms with van der Waals surface area (Å²) < 4.78 is 35.0. The predicted octanol–water partition coefficient (Wildman–Crippen LogP) is 5.23. The predicted molar refractivity (Wildman–Crippen MR) is 162 cm³/mol. The van der Waals surface area contributed by atoms with Gasteiger partial charge in [-0.1, -0.05) is 66.6 Å². The van der Waals surface area contributed by atoms with Gasteiger partial charge in [0.2, 0.25) is 11.8 Å². The Balaban J connectivity index is 2.08. The van der Waals surface area contributed by atoms with Crippen LogP contribution in [0.1, 0.15) is 50.8 Å². The first-order chi connectivity index (χ1) is 19.5. The van der Waals surface area contributed by atoms with Crippen LogP contribution < -0.4 is 14.4 Å². The first kappa shape index (κ1) is 31.7. The molecule has 0 unspecified atom stereocenters. The van der Waals surface area contributed by atoms with Crippen LogP contribution in [0.4, 0.5) is 5.69 Å². The van der Waals surface area contributed by atoms with E-state index in [0.29, 0.717) is 12.4 Å². The van der Waals surface area contributed by atoms with Gasteiger partial charge >= 0.3 is 0 Å². The molecule has 0 aliphatic carbocycles. The van der Waals surface area contributed by atoms with Crippen molar-refractivity contribution in [1.82, 2.24) is 10.2 Å². The molecule has 1 N–H and O–H groups in total. The molecule has 0 spiro atoms. The Bertz CT molecular complexity index is 1440. The molecule has 8 nitrogen and oxygen atoms in total. The number of hydrogen-bond acceptors (Lipinski definition) is 5. The van der Waals surface area contributed by atoms with E-state index in [9.17, 15) is 18.0 Å². The van der Waals surface area contributed by atoms with Gasteiger partial charge in [-0.05, 0) is 70.9 Å². The zero-order valence-corrected chi connectivity index (χ0v) is 25.6. The van der Waals surface area contributed by atoms with Crippen molar-refractivity contribution in [3.63, 3.8) is 0 Å². The summed E-state index contributed by atoms with van der Waals surface area (Å²) in [6.07, 6.45) is 0.737. The fraction of sp³-hybridized carbons (Fsp3) is 0.375. The molecule has 0 radical (unpaired) electrons. The van der Waals surface area contributed by atoms with Gasteiger partial charge in [0.05, 0.1) is 17.2 Å². The zero-order valence-electron chi connectivity index (χ0n) is 24.8. The van der Waals surface area contributed by atoms with Crippen LogP contribution in [0.3, 0.4) is 0 Å². The van der Waals surface area contributed by atoms with Crippen molar-refractivity contribution in [3.8, 4) is 5.75 Å². The van der Waals surface area contributed by atoms with Crippen molar-refractivity contribution in [2.24, 2.45) is 0 Å². The standard InChI is InChI=1S/C32H41N3O5S/c1-7-25(5)33-32(37)26(6)34(21-27-13-11-12-24(4)20-27)31(36)22-35(29-14-9-10-15-30(29)40-8-2)41(38,39)28-18-16-23(3)17-19-28/h9-20,25-26H,7-8,21-22H2,1-6H3,(H,33,37)/t25-,26-/m0/s1. The summed E-state index contributed by atoms with van der Waals surface area (Å²) in [5.74, 6) is -0.477. The molecule has 3 aromatic rings. The van der Waals surface area contributed by atoms with Gasteiger partial charge in [0.1, 0.15) is 18.3 Å². The van der Waals surface area contributed by atoms with Crippen LogP contribution in [0.15, 0.2) is 77.7 Å². The lowest BCUT2D eigenvalue weighted by Crippen LogP contribution is -2.52. The second-order valence-corrected chi connectivity index (χ2v) is 12.1. The number of hydrogen-bond donors (Lipinski definition) is 1. The summed E-state index contributed by atoms with van der Waals surface area (Å²) in [6.45, 7) is 11.1. The number of rotatable bonds is 13. The Hall–Kier alpha value is -3.85. The van der Waals surface area contributed by atoms with Crippen molar-refractivity contribution >= 4 is 27.5 Å². The van der Waals surface area contributed by atoms with E-state index in [1.165, 1.54) is 17.0 Å². The van der Waals surface area contributed by atoms with Crippen LogP contribution in [0.5, 0.6) is 5.75 Å². The summed E-state index contributed by atoms with van der Waals surface area (Å²) in [7, 11) is -4.18. The molecule has 9 heteroatoms. The van der Waals surface area contributed by atoms with E-state index in [4.69, 9.17) is 4.74 Å². The van der Waals surface area contributed by atoms with E-state index >= 15 is 0 Å². The van der Waals surface area contributed by atoms with Crippen LogP contribution in [0, 0.1) is 13.8 Å². The summed E-state index contributed by atoms with van der Waals surface area (Å²) >= 11 is 0. The van der Waals surface area contributed by atoms with Crippen molar-refractivity contribution in [1.29, 1.82) is 0 Å². The van der Waals surface area contributed by atoms with Crippen molar-refractivity contribution < 1.29 is 22.7 Å². The SMILES string of the molecule is CCOc1ccccc1N(CC(=O)N(Cc1cccc(C)c1)[C@@H](C)C(=O)N[C@@H](C)CC)S(=O)(=O)c1ccc(C)cc1. The van der Waals surface area contributed by atoms with Crippen LogP contribution >= 0.6 is 0 Å². The maximum Gasteiger partial charge on any atom is 0.264 e. The lowest BCUT2D eigenvalue weighted by Gasteiger charge is -2.33. The van der Waals surface area contributed by atoms with Gasteiger partial charge in [0.25, 0.3) is 10.0 Å². The van der Waals surface area contributed by atoms with E-state index in [-0.39, 0.29) is 29.1 Å². The molecule has 220 valence electrons. The Morgan fingerprint density at radius 1 is 0.902 bits per heavy atom. The average molecular weight is 580 g/mol. The Morgan fingerprint density at radius 3 is 2.22 bits per heavy atom. The Labute approximate surface area is 244 Å². The van der Waals surface area contributed by atoms with Crippen LogP contribution in [0.2, 0.25) is 0 Å². The number of ether oxygens (including phenoxy) is 1. The first-order valence-corrected chi connectivity index (χ1v) is 15.4. The van der Waals surface area contributed by atoms with Crippen molar-refractivity contribution in [2.45, 2.75) is 71.5 Å². The van der Waals surface area contributed by atoms with Gasteiger partial charge in [-0.3, -0.25) is 13.9 Å². The van der Waals surface area contributed by atoms with Gasteiger partial charge in [-0.15, -0.1) is 0 Å². The zero-order chi connectivity index (χ0) is 30.2. The third kappa shape index (κ3) is 8.10. The van der Waals surface area contributed by atoms with Crippen LogP contribution in [-0.2, 0) is 26.2 Å². The monoisotopic (exact) mass is 579 g/mol. The third-order valence-corrected chi connectivity index (χ3v) is 8.70. The second-order valence-electron chi connectivity index (χ2n) is 10.2. The minimum absolute atomic E-state index is 0.0509. The quantitative estimate of drug-likeness (QED) is 0.299. The molecule has 0 bridgehead atoms. The van der Waals surface area contributed by atoms with E-state index < -0.39 is 28.5 Å². The molecule has 2 amide bonds. The number of aryl methyl sites for hydroxylation is 2. The number of amides is 2. The van der Waals surface area contributed by atoms with E-state index in [0.717, 1.165) is 27.4 Å². The van der Waals surface area contributed by atoms with Gasteiger partial charge in [-0.2, -0.15) is 0 Å². The number of benzene rings is 3. The van der Waals surface area contributed by atoms with Crippen LogP contribution in [0.25, 0.3) is 0 Å². The lowest BCUT2D eigenvalue weighted by molar-refractivity contribution is -0.139. The molecular formula is C32H41N3O5S. The van der Waals surface area contributed by atoms with Gasteiger partial charge in [0, 0.05) is 12.6 Å². The summed E-state index contributed by atoms with van der Waals surface area (Å²) in [5.41, 5.74) is 3.01. The highest BCUT2D eigenvalue weighted by Crippen LogP contribution is 2.33. The van der Waals surface area contributed by atoms with Crippen molar-refractivity contribution in [3.05, 3.63) is 89.5 Å². The molecule has 0 fully saturated rings. The highest BCUT2D eigenvalue weighted by molar-refractivity contribution is 7.92. The number of carbonyl (C=O) groups is 2. The number of nitrogens with one attached hydrogen (secondary N) is 1. The molecular weight excluding hydrogens is 538 g/mol. The molecule has 41 heavy (non-hydrogen) atoms. The smallest absolute Gasteiger partial charge is 0.264 e. The third-order valence-electron chi connectivity index (χ3n) is 6.93. The molecule has 3 rings (SSSR count). The summed E-state index contributed by atoms with van der Waals surface area (Å²) in [5, 5.41) is 2.95. The molecule has 0 aliphatic rings. The highest BCUT2D eigenvalue weighted by atomic mass is 32.2. The highest BCUT2D eigenvalue weighted by Gasteiger charge is 2.34. The number of para-hydroxylation sites is 2. The summed E-state index contributed by atoms with van der Waals surface area (Å²) in [4.78, 5) is 28.8. The molecule has 0 saturated heterocycles. The lowest BCUT2D eigenvalue weighted by atomic mass is 10.1. The molecule has 0 saturated carbocycles. The Kier molecular flexibility index (Phi) is 10.9. The molecule has 2 atom stereocenters. The van der Waals surface area contributed by atoms with E-state index in [1.807, 2.05) is 58.9 Å². The van der Waals surface area contributed by atoms with Gasteiger partial charge in [0.15, 0.2) is 0 Å². The second kappa shape index (κ2) is 14.2.